The molecule has 1 heterocycles. The third-order valence-electron chi connectivity index (χ3n) is 5.28. The van der Waals surface area contributed by atoms with E-state index in [-0.39, 0.29) is 29.6 Å². The molecule has 1 aliphatic heterocycles. The van der Waals surface area contributed by atoms with Gasteiger partial charge in [-0.05, 0) is 43.9 Å². The highest BCUT2D eigenvalue weighted by Gasteiger charge is 2.30. The van der Waals surface area contributed by atoms with Crippen LogP contribution in [0.25, 0.3) is 0 Å². The Bertz CT molecular complexity index is 1000. The van der Waals surface area contributed by atoms with E-state index in [1.54, 1.807) is 25.3 Å². The smallest absolute Gasteiger partial charge is 0.252 e. The maximum absolute atomic E-state index is 13.1. The predicted molar refractivity (Wildman–Crippen MR) is 118 cm³/mol. The summed E-state index contributed by atoms with van der Waals surface area (Å²) in [4.78, 5) is 15.0. The topological polar surface area (TPSA) is 88.2 Å². The lowest BCUT2D eigenvalue weighted by atomic mass is 10.1. The normalized spacial score (nSPS) is 16.1. The summed E-state index contributed by atoms with van der Waals surface area (Å²) in [6.07, 6.45) is 0. The first-order valence-corrected chi connectivity index (χ1v) is 11.5. The molecule has 2 aromatic rings. The summed E-state index contributed by atoms with van der Waals surface area (Å²) in [5.41, 5.74) is 1.12. The molecule has 3 rings (SSSR count). The first kappa shape index (κ1) is 23.2. The van der Waals surface area contributed by atoms with Crippen molar-refractivity contribution in [2.45, 2.75) is 10.9 Å². The molecule has 0 bridgehead atoms. The number of benzene rings is 2. The van der Waals surface area contributed by atoms with Gasteiger partial charge >= 0.3 is 0 Å². The van der Waals surface area contributed by atoms with Gasteiger partial charge in [-0.15, -0.1) is 0 Å². The molecule has 1 amide bonds. The minimum atomic E-state index is -3.79. The number of morpholine rings is 1. The van der Waals surface area contributed by atoms with E-state index in [1.165, 1.54) is 10.4 Å². The largest absolute Gasteiger partial charge is 0.497 e. The molecule has 0 aromatic heterocycles. The molecule has 0 aliphatic carbocycles. The van der Waals surface area contributed by atoms with E-state index in [0.29, 0.717) is 19.8 Å². The van der Waals surface area contributed by atoms with Crippen LogP contribution in [0.3, 0.4) is 0 Å². The maximum Gasteiger partial charge on any atom is 0.252 e. The number of rotatable bonds is 8. The zero-order chi connectivity index (χ0) is 22.4. The summed E-state index contributed by atoms with van der Waals surface area (Å²) in [6, 6.07) is 13.9. The fraction of sp³-hybridized carbons (Fsp3) is 0.409. The van der Waals surface area contributed by atoms with Gasteiger partial charge in [-0.3, -0.25) is 4.79 Å². The minimum Gasteiger partial charge on any atom is -0.497 e. The lowest BCUT2D eigenvalue weighted by molar-refractivity contribution is 0.0729. The Morgan fingerprint density at radius 2 is 1.87 bits per heavy atom. The second kappa shape index (κ2) is 10.2. The average Bonchev–Trinajstić information content (AvgIpc) is 2.79. The van der Waals surface area contributed by atoms with E-state index >= 15 is 0 Å². The monoisotopic (exact) mass is 447 g/mol. The number of carbonyl (C=O) groups excluding carboxylic acids is 1. The molecule has 9 heteroatoms. The lowest BCUT2D eigenvalue weighted by Crippen LogP contribution is -2.41. The molecule has 0 spiro atoms. The number of methoxy groups -OCH3 is 1. The first-order chi connectivity index (χ1) is 14.8. The zero-order valence-electron chi connectivity index (χ0n) is 18.1. The summed E-state index contributed by atoms with van der Waals surface area (Å²) in [5, 5.41) is 2.90. The molecule has 1 fully saturated rings. The van der Waals surface area contributed by atoms with E-state index in [1.807, 2.05) is 43.3 Å². The number of hydrogen-bond acceptors (Lipinski definition) is 6. The van der Waals surface area contributed by atoms with Crippen LogP contribution in [0.1, 0.15) is 22.0 Å². The van der Waals surface area contributed by atoms with Crippen molar-refractivity contribution in [3.05, 3.63) is 59.7 Å². The van der Waals surface area contributed by atoms with Crippen molar-refractivity contribution < 1.29 is 22.7 Å². The van der Waals surface area contributed by atoms with E-state index in [4.69, 9.17) is 9.47 Å². The highest BCUT2D eigenvalue weighted by atomic mass is 32.2. The molecule has 8 nitrogen and oxygen atoms in total. The van der Waals surface area contributed by atoms with Crippen molar-refractivity contribution in [2.24, 2.45) is 0 Å². The lowest BCUT2D eigenvalue weighted by Gasteiger charge is -2.27. The molecule has 0 radical (unpaired) electrons. The van der Waals surface area contributed by atoms with Crippen molar-refractivity contribution >= 4 is 15.9 Å². The number of amides is 1. The summed E-state index contributed by atoms with van der Waals surface area (Å²) < 4.78 is 38.2. The highest BCUT2D eigenvalue weighted by Crippen LogP contribution is 2.24. The summed E-state index contributed by atoms with van der Waals surface area (Å²) in [6.45, 7) is 1.55. The molecule has 0 saturated carbocycles. The van der Waals surface area contributed by atoms with Gasteiger partial charge in [0.05, 0.1) is 36.8 Å². The van der Waals surface area contributed by atoms with Crippen molar-refractivity contribution in [3.8, 4) is 5.75 Å². The molecule has 1 saturated heterocycles. The van der Waals surface area contributed by atoms with Crippen molar-refractivity contribution in [2.75, 3.05) is 54.1 Å². The molecule has 1 N–H and O–H groups in total. The van der Waals surface area contributed by atoms with E-state index in [2.05, 4.69) is 5.32 Å². The van der Waals surface area contributed by atoms with Crippen LogP contribution < -0.4 is 10.1 Å². The number of nitrogens with zero attached hydrogens (tertiary/aromatic N) is 2. The van der Waals surface area contributed by atoms with E-state index in [0.717, 1.165) is 11.3 Å². The number of sulfonamides is 1. The molecular formula is C22H29N3O5S. The number of nitrogens with one attached hydrogen (secondary N) is 1. The van der Waals surface area contributed by atoms with Crippen LogP contribution in [0.4, 0.5) is 0 Å². The van der Waals surface area contributed by atoms with Gasteiger partial charge in [-0.2, -0.15) is 4.31 Å². The second-order valence-electron chi connectivity index (χ2n) is 7.48. The SMILES string of the molecule is COc1cccc(C(CNC(=O)c2ccccc2S(=O)(=O)N2CCOCC2)N(C)C)c1. The second-order valence-corrected chi connectivity index (χ2v) is 9.39. The molecular weight excluding hydrogens is 418 g/mol. The fourth-order valence-corrected chi connectivity index (χ4v) is 5.13. The van der Waals surface area contributed by atoms with Gasteiger partial charge in [-0.1, -0.05) is 24.3 Å². The van der Waals surface area contributed by atoms with Crippen molar-refractivity contribution in [1.82, 2.24) is 14.5 Å². The quantitative estimate of drug-likeness (QED) is 0.663. The summed E-state index contributed by atoms with van der Waals surface area (Å²) >= 11 is 0. The third-order valence-corrected chi connectivity index (χ3v) is 7.23. The van der Waals surface area contributed by atoms with Crippen molar-refractivity contribution in [1.29, 1.82) is 0 Å². The maximum atomic E-state index is 13.1. The average molecular weight is 448 g/mol. The zero-order valence-corrected chi connectivity index (χ0v) is 18.9. The highest BCUT2D eigenvalue weighted by molar-refractivity contribution is 7.89. The fourth-order valence-electron chi connectivity index (χ4n) is 3.54. The van der Waals surface area contributed by atoms with Crippen LogP contribution >= 0.6 is 0 Å². The van der Waals surface area contributed by atoms with Gasteiger partial charge in [0.2, 0.25) is 10.0 Å². The van der Waals surface area contributed by atoms with Crippen molar-refractivity contribution in [3.63, 3.8) is 0 Å². The van der Waals surface area contributed by atoms with Gasteiger partial charge in [0.25, 0.3) is 5.91 Å². The minimum absolute atomic E-state index is 0.0113. The van der Waals surface area contributed by atoms with Gasteiger partial charge in [0.1, 0.15) is 5.75 Å². The van der Waals surface area contributed by atoms with Crippen LogP contribution in [0, 0.1) is 0 Å². The number of carbonyl (C=O) groups is 1. The first-order valence-electron chi connectivity index (χ1n) is 10.1. The summed E-state index contributed by atoms with van der Waals surface area (Å²) in [7, 11) is 1.67. The van der Waals surface area contributed by atoms with Crippen LogP contribution in [0.15, 0.2) is 53.4 Å². The van der Waals surface area contributed by atoms with Crippen LogP contribution in [-0.4, -0.2) is 77.6 Å². The molecule has 31 heavy (non-hydrogen) atoms. The standard InChI is InChI=1S/C22H29N3O5S/c1-24(2)20(17-7-6-8-18(15-17)29-3)16-23-22(26)19-9-4-5-10-21(19)31(27,28)25-11-13-30-14-12-25/h4-10,15,20H,11-14,16H2,1-3H3,(H,23,26). The van der Waals surface area contributed by atoms with Gasteiger partial charge in [-0.25, -0.2) is 8.42 Å². The Morgan fingerprint density at radius 3 is 2.55 bits per heavy atom. The van der Waals surface area contributed by atoms with Crippen LogP contribution in [0.5, 0.6) is 5.75 Å². The van der Waals surface area contributed by atoms with Crippen LogP contribution in [0.2, 0.25) is 0 Å². The molecule has 1 unspecified atom stereocenters. The van der Waals surface area contributed by atoms with Gasteiger partial charge in [0.15, 0.2) is 0 Å². The van der Waals surface area contributed by atoms with E-state index in [9.17, 15) is 13.2 Å². The van der Waals surface area contributed by atoms with Gasteiger partial charge in [0, 0.05) is 19.6 Å². The van der Waals surface area contributed by atoms with Crippen LogP contribution in [-0.2, 0) is 14.8 Å². The Balaban J connectivity index is 1.80. The predicted octanol–water partition coefficient (Wildman–Crippen LogP) is 1.75. The Morgan fingerprint density at radius 1 is 1.16 bits per heavy atom. The van der Waals surface area contributed by atoms with E-state index < -0.39 is 15.9 Å². The molecule has 2 aromatic carbocycles. The molecule has 1 aliphatic rings. The molecule has 168 valence electrons. The number of likely N-dealkylation sites (N-methyl/N-ethyl adjacent to an activating group) is 1. The third kappa shape index (κ3) is 5.43. The Kier molecular flexibility index (Phi) is 7.66. The van der Waals surface area contributed by atoms with Gasteiger partial charge < -0.3 is 19.7 Å². The number of ether oxygens (including phenoxy) is 2. The Labute approximate surface area is 183 Å². The summed E-state index contributed by atoms with van der Waals surface area (Å²) in [5.74, 6) is 0.305. The Hall–Kier alpha value is -2.46. The molecule has 1 atom stereocenters. The number of hydrogen-bond donors (Lipinski definition) is 1.